The standard InChI is InChI=1S/C24H20N4O2/c1-30-21-13-11-20(12-14-21)22-15-23(27-26-22)24(29)28-25-16-17-7-9-19(10-8-17)18-5-3-2-4-6-18/h2-16H,1H3,(H,26,27)(H,28,29)/b25-16-. The quantitative estimate of drug-likeness (QED) is 0.372. The molecular formula is C24H20N4O2. The Bertz CT molecular complexity index is 1150. The van der Waals surface area contributed by atoms with Crippen LogP contribution in [-0.2, 0) is 0 Å². The molecule has 0 saturated heterocycles. The predicted octanol–water partition coefficient (Wildman–Crippen LogP) is 4.52. The van der Waals surface area contributed by atoms with E-state index in [1.54, 1.807) is 19.4 Å². The number of hydrogen-bond donors (Lipinski definition) is 2. The first-order chi connectivity index (χ1) is 14.7. The molecule has 0 saturated carbocycles. The van der Waals surface area contributed by atoms with E-state index in [2.05, 4.69) is 32.9 Å². The van der Waals surface area contributed by atoms with E-state index in [1.165, 1.54) is 0 Å². The van der Waals surface area contributed by atoms with Crippen molar-refractivity contribution in [3.8, 4) is 28.1 Å². The molecule has 2 N–H and O–H groups in total. The van der Waals surface area contributed by atoms with E-state index in [9.17, 15) is 4.79 Å². The number of carbonyl (C=O) groups is 1. The van der Waals surface area contributed by atoms with Crippen molar-refractivity contribution < 1.29 is 9.53 Å². The van der Waals surface area contributed by atoms with Gasteiger partial charge in [-0.05, 0) is 47.0 Å². The lowest BCUT2D eigenvalue weighted by Crippen LogP contribution is -2.17. The number of H-pyrrole nitrogens is 1. The molecule has 1 amide bonds. The Labute approximate surface area is 174 Å². The molecule has 148 valence electrons. The van der Waals surface area contributed by atoms with Gasteiger partial charge in [-0.25, -0.2) is 5.43 Å². The molecule has 6 heteroatoms. The number of ether oxygens (including phenoxy) is 1. The lowest BCUT2D eigenvalue weighted by molar-refractivity contribution is 0.0950. The van der Waals surface area contributed by atoms with Gasteiger partial charge in [-0.15, -0.1) is 0 Å². The number of aromatic nitrogens is 2. The minimum atomic E-state index is -0.362. The zero-order valence-electron chi connectivity index (χ0n) is 16.4. The molecule has 4 rings (SSSR count). The smallest absolute Gasteiger partial charge is 0.289 e. The van der Waals surface area contributed by atoms with Gasteiger partial charge in [0, 0.05) is 5.56 Å². The van der Waals surface area contributed by atoms with Crippen molar-refractivity contribution in [2.75, 3.05) is 7.11 Å². The molecule has 1 heterocycles. The number of hydrazone groups is 1. The number of rotatable bonds is 6. The normalized spacial score (nSPS) is 10.8. The summed E-state index contributed by atoms with van der Waals surface area (Å²) in [6, 6.07) is 27.2. The zero-order valence-corrected chi connectivity index (χ0v) is 16.4. The lowest BCUT2D eigenvalue weighted by atomic mass is 10.0. The molecule has 0 fully saturated rings. The van der Waals surface area contributed by atoms with E-state index >= 15 is 0 Å². The van der Waals surface area contributed by atoms with E-state index in [0.717, 1.165) is 28.0 Å². The molecule has 0 bridgehead atoms. The van der Waals surface area contributed by atoms with Gasteiger partial charge in [0.05, 0.1) is 19.0 Å². The SMILES string of the molecule is COc1ccc(-c2cc(C(=O)N/N=C\c3ccc(-c4ccccc4)cc3)[nH]n2)cc1. The molecule has 4 aromatic rings. The van der Waals surface area contributed by atoms with Crippen molar-refractivity contribution in [1.82, 2.24) is 15.6 Å². The van der Waals surface area contributed by atoms with Crippen LogP contribution in [0.4, 0.5) is 0 Å². The van der Waals surface area contributed by atoms with E-state index in [0.29, 0.717) is 11.4 Å². The van der Waals surface area contributed by atoms with Crippen molar-refractivity contribution in [2.45, 2.75) is 0 Å². The average Bonchev–Trinajstić information content (AvgIpc) is 3.31. The number of benzene rings is 3. The van der Waals surface area contributed by atoms with Crippen LogP contribution in [0.2, 0.25) is 0 Å². The molecule has 0 atom stereocenters. The summed E-state index contributed by atoms with van der Waals surface area (Å²) in [5.74, 6) is 0.401. The molecule has 0 unspecified atom stereocenters. The maximum Gasteiger partial charge on any atom is 0.289 e. The van der Waals surface area contributed by atoms with Gasteiger partial charge in [-0.2, -0.15) is 10.2 Å². The molecule has 0 spiro atoms. The third-order valence-corrected chi connectivity index (χ3v) is 4.61. The third kappa shape index (κ3) is 4.44. The van der Waals surface area contributed by atoms with Crippen LogP contribution in [0, 0.1) is 0 Å². The number of nitrogens with one attached hydrogen (secondary N) is 2. The average molecular weight is 396 g/mol. The topological polar surface area (TPSA) is 79.4 Å². The molecule has 30 heavy (non-hydrogen) atoms. The van der Waals surface area contributed by atoms with E-state index in [1.807, 2.05) is 66.7 Å². The lowest BCUT2D eigenvalue weighted by Gasteiger charge is -2.01. The Morgan fingerprint density at radius 1 is 0.933 bits per heavy atom. The first-order valence-electron chi connectivity index (χ1n) is 9.41. The summed E-state index contributed by atoms with van der Waals surface area (Å²) < 4.78 is 5.15. The molecule has 6 nitrogen and oxygen atoms in total. The Kier molecular flexibility index (Phi) is 5.66. The highest BCUT2D eigenvalue weighted by Crippen LogP contribution is 2.21. The molecule has 0 aliphatic rings. The van der Waals surface area contributed by atoms with Gasteiger partial charge < -0.3 is 4.74 Å². The molecule has 0 aliphatic carbocycles. The van der Waals surface area contributed by atoms with E-state index in [-0.39, 0.29) is 5.91 Å². The van der Waals surface area contributed by atoms with Crippen LogP contribution in [0.15, 0.2) is 90.0 Å². The van der Waals surface area contributed by atoms with Crippen molar-refractivity contribution in [2.24, 2.45) is 5.10 Å². The van der Waals surface area contributed by atoms with Gasteiger partial charge >= 0.3 is 0 Å². The third-order valence-electron chi connectivity index (χ3n) is 4.61. The van der Waals surface area contributed by atoms with Crippen LogP contribution in [-0.4, -0.2) is 29.4 Å². The summed E-state index contributed by atoms with van der Waals surface area (Å²) in [5.41, 5.74) is 7.57. The summed E-state index contributed by atoms with van der Waals surface area (Å²) in [7, 11) is 1.62. The monoisotopic (exact) mass is 396 g/mol. The molecule has 0 aliphatic heterocycles. The predicted molar refractivity (Wildman–Crippen MR) is 118 cm³/mol. The van der Waals surface area contributed by atoms with Crippen LogP contribution in [0.3, 0.4) is 0 Å². The van der Waals surface area contributed by atoms with Gasteiger partial charge in [0.15, 0.2) is 0 Å². The van der Waals surface area contributed by atoms with Crippen molar-refractivity contribution >= 4 is 12.1 Å². The van der Waals surface area contributed by atoms with Crippen LogP contribution in [0.1, 0.15) is 16.1 Å². The van der Waals surface area contributed by atoms with Crippen LogP contribution in [0.25, 0.3) is 22.4 Å². The Balaban J connectivity index is 1.37. The fourth-order valence-corrected chi connectivity index (χ4v) is 2.97. The van der Waals surface area contributed by atoms with Gasteiger partial charge in [0.1, 0.15) is 11.4 Å². The summed E-state index contributed by atoms with van der Waals surface area (Å²) in [6.45, 7) is 0. The van der Waals surface area contributed by atoms with E-state index in [4.69, 9.17) is 4.74 Å². The highest BCUT2D eigenvalue weighted by Gasteiger charge is 2.10. The summed E-state index contributed by atoms with van der Waals surface area (Å²) in [6.07, 6.45) is 1.60. The first kappa shape index (κ1) is 19.1. The second-order valence-electron chi connectivity index (χ2n) is 6.58. The summed E-state index contributed by atoms with van der Waals surface area (Å²) in [4.78, 5) is 12.3. The Hall–Kier alpha value is -4.19. The molecular weight excluding hydrogens is 376 g/mol. The van der Waals surface area contributed by atoms with Gasteiger partial charge in [0.2, 0.25) is 0 Å². The largest absolute Gasteiger partial charge is 0.497 e. The number of carbonyl (C=O) groups excluding carboxylic acids is 1. The second kappa shape index (κ2) is 8.87. The molecule has 0 radical (unpaired) electrons. The van der Waals surface area contributed by atoms with Crippen molar-refractivity contribution in [3.05, 3.63) is 96.2 Å². The maximum atomic E-state index is 12.3. The number of aromatic amines is 1. The highest BCUT2D eigenvalue weighted by molar-refractivity contribution is 5.94. The minimum Gasteiger partial charge on any atom is -0.497 e. The summed E-state index contributed by atoms with van der Waals surface area (Å²) in [5, 5.41) is 11.0. The number of hydrogen-bond acceptors (Lipinski definition) is 4. The fraction of sp³-hybridized carbons (Fsp3) is 0.0417. The van der Waals surface area contributed by atoms with Crippen molar-refractivity contribution in [3.63, 3.8) is 0 Å². The minimum absolute atomic E-state index is 0.331. The number of nitrogens with zero attached hydrogens (tertiary/aromatic N) is 2. The fourth-order valence-electron chi connectivity index (χ4n) is 2.97. The summed E-state index contributed by atoms with van der Waals surface area (Å²) >= 11 is 0. The molecule has 1 aromatic heterocycles. The van der Waals surface area contributed by atoms with Crippen LogP contribution >= 0.6 is 0 Å². The zero-order chi connectivity index (χ0) is 20.8. The maximum absolute atomic E-state index is 12.3. The van der Waals surface area contributed by atoms with Gasteiger partial charge in [-0.3, -0.25) is 9.89 Å². The van der Waals surface area contributed by atoms with Crippen LogP contribution in [0.5, 0.6) is 5.75 Å². The Morgan fingerprint density at radius 2 is 1.60 bits per heavy atom. The highest BCUT2D eigenvalue weighted by atomic mass is 16.5. The Morgan fingerprint density at radius 3 is 2.30 bits per heavy atom. The van der Waals surface area contributed by atoms with Crippen LogP contribution < -0.4 is 10.2 Å². The molecule has 3 aromatic carbocycles. The second-order valence-corrected chi connectivity index (χ2v) is 6.58. The number of methoxy groups -OCH3 is 1. The van der Waals surface area contributed by atoms with Gasteiger partial charge in [0.25, 0.3) is 5.91 Å². The number of amides is 1. The van der Waals surface area contributed by atoms with E-state index < -0.39 is 0 Å². The van der Waals surface area contributed by atoms with Gasteiger partial charge in [-0.1, -0.05) is 54.6 Å². The first-order valence-corrected chi connectivity index (χ1v) is 9.41. The van der Waals surface area contributed by atoms with Crippen molar-refractivity contribution in [1.29, 1.82) is 0 Å².